The summed E-state index contributed by atoms with van der Waals surface area (Å²) in [4.78, 5) is 4.29. The van der Waals surface area contributed by atoms with Crippen LogP contribution in [0.5, 0.6) is 0 Å². The van der Waals surface area contributed by atoms with E-state index < -0.39 is 6.10 Å². The Morgan fingerprint density at radius 3 is 2.72 bits per heavy atom. The molecule has 0 fully saturated rings. The Hall–Kier alpha value is -1.38. The maximum atomic E-state index is 10.2. The Bertz CT molecular complexity index is 554. The van der Waals surface area contributed by atoms with Gasteiger partial charge in [0.2, 0.25) is 0 Å². The van der Waals surface area contributed by atoms with Gasteiger partial charge in [-0.1, -0.05) is 29.8 Å². The zero-order chi connectivity index (χ0) is 13.1. The third-order valence-corrected chi connectivity index (χ3v) is 3.35. The molecule has 18 heavy (non-hydrogen) atoms. The summed E-state index contributed by atoms with van der Waals surface area (Å²) in [5, 5.41) is 10.9. The van der Waals surface area contributed by atoms with Crippen LogP contribution in [0.1, 0.15) is 28.5 Å². The Morgan fingerprint density at radius 2 is 2.06 bits per heavy atom. The minimum Gasteiger partial charge on any atom is -0.388 e. The van der Waals surface area contributed by atoms with Crippen LogP contribution in [-0.2, 0) is 6.42 Å². The topological polar surface area (TPSA) is 33.1 Å². The molecular formula is C15H16ClNO. The fraction of sp³-hybridized carbons (Fsp3) is 0.267. The number of hydrogen-bond donors (Lipinski definition) is 1. The average molecular weight is 262 g/mol. The van der Waals surface area contributed by atoms with E-state index in [0.29, 0.717) is 11.4 Å². The van der Waals surface area contributed by atoms with E-state index in [1.165, 1.54) is 0 Å². The molecule has 1 heterocycles. The molecule has 1 unspecified atom stereocenters. The molecule has 3 heteroatoms. The summed E-state index contributed by atoms with van der Waals surface area (Å²) in [6, 6.07) is 9.58. The average Bonchev–Trinajstić information content (AvgIpc) is 2.32. The van der Waals surface area contributed by atoms with Gasteiger partial charge in [0, 0.05) is 23.3 Å². The third kappa shape index (κ3) is 2.89. The van der Waals surface area contributed by atoms with Crippen LogP contribution in [0.25, 0.3) is 0 Å². The monoisotopic (exact) mass is 261 g/mol. The number of hydrogen-bond acceptors (Lipinski definition) is 2. The first kappa shape index (κ1) is 13.1. The normalized spacial score (nSPS) is 12.4. The summed E-state index contributed by atoms with van der Waals surface area (Å²) in [5.74, 6) is 0. The van der Waals surface area contributed by atoms with Crippen LogP contribution >= 0.6 is 11.6 Å². The molecule has 0 saturated carbocycles. The van der Waals surface area contributed by atoms with Crippen LogP contribution in [0, 0.1) is 13.8 Å². The lowest BCUT2D eigenvalue weighted by molar-refractivity contribution is 0.177. The minimum absolute atomic E-state index is 0.482. The largest absolute Gasteiger partial charge is 0.388 e. The summed E-state index contributed by atoms with van der Waals surface area (Å²) >= 11 is 6.15. The Labute approximate surface area is 112 Å². The molecule has 0 aliphatic heterocycles. The maximum Gasteiger partial charge on any atom is 0.0859 e. The lowest BCUT2D eigenvalue weighted by Gasteiger charge is -2.14. The molecule has 94 valence electrons. The molecule has 1 aromatic carbocycles. The molecule has 0 aliphatic carbocycles. The second-order valence-electron chi connectivity index (χ2n) is 4.51. The predicted octanol–water partition coefficient (Wildman–Crippen LogP) is 3.63. The van der Waals surface area contributed by atoms with Crippen molar-refractivity contribution >= 4 is 11.6 Å². The van der Waals surface area contributed by atoms with E-state index in [0.717, 1.165) is 22.4 Å². The van der Waals surface area contributed by atoms with Crippen molar-refractivity contribution in [1.82, 2.24) is 4.98 Å². The molecule has 1 atom stereocenters. The Morgan fingerprint density at radius 1 is 1.28 bits per heavy atom. The number of benzene rings is 1. The highest BCUT2D eigenvalue weighted by molar-refractivity contribution is 6.31. The van der Waals surface area contributed by atoms with Crippen molar-refractivity contribution < 1.29 is 5.11 Å². The molecule has 0 spiro atoms. The summed E-state index contributed by atoms with van der Waals surface area (Å²) in [6.07, 6.45) is 1.60. The van der Waals surface area contributed by atoms with E-state index >= 15 is 0 Å². The molecule has 2 aromatic rings. The van der Waals surface area contributed by atoms with E-state index in [9.17, 15) is 5.11 Å². The molecule has 0 saturated heterocycles. The van der Waals surface area contributed by atoms with E-state index in [2.05, 4.69) is 4.98 Å². The molecule has 2 rings (SSSR count). The highest BCUT2D eigenvalue weighted by Gasteiger charge is 2.14. The number of aliphatic hydroxyl groups is 1. The maximum absolute atomic E-state index is 10.2. The van der Waals surface area contributed by atoms with E-state index in [1.807, 2.05) is 44.2 Å². The van der Waals surface area contributed by atoms with Crippen molar-refractivity contribution in [2.24, 2.45) is 0 Å². The lowest BCUT2D eigenvalue weighted by atomic mass is 10.0. The first-order chi connectivity index (χ1) is 8.58. The smallest absolute Gasteiger partial charge is 0.0859 e. The van der Waals surface area contributed by atoms with E-state index in [4.69, 9.17) is 11.6 Å². The van der Waals surface area contributed by atoms with E-state index in [-0.39, 0.29) is 0 Å². The van der Waals surface area contributed by atoms with Crippen molar-refractivity contribution in [3.8, 4) is 0 Å². The van der Waals surface area contributed by atoms with Crippen molar-refractivity contribution in [3.63, 3.8) is 0 Å². The van der Waals surface area contributed by atoms with Crippen molar-refractivity contribution in [2.75, 3.05) is 0 Å². The summed E-state index contributed by atoms with van der Waals surface area (Å²) in [5.41, 5.74) is 3.83. The number of nitrogens with zero attached hydrogens (tertiary/aromatic N) is 1. The van der Waals surface area contributed by atoms with Crippen LogP contribution in [0.3, 0.4) is 0 Å². The van der Waals surface area contributed by atoms with Crippen LogP contribution < -0.4 is 0 Å². The zero-order valence-electron chi connectivity index (χ0n) is 10.5. The Balaban J connectivity index is 2.22. The Kier molecular flexibility index (Phi) is 4.00. The highest BCUT2D eigenvalue weighted by atomic mass is 35.5. The van der Waals surface area contributed by atoms with Gasteiger partial charge in [-0.25, -0.2) is 0 Å². The van der Waals surface area contributed by atoms with Gasteiger partial charge in [-0.15, -0.1) is 0 Å². The molecule has 1 N–H and O–H groups in total. The molecule has 2 nitrogen and oxygen atoms in total. The lowest BCUT2D eigenvalue weighted by Crippen LogP contribution is -2.05. The molecular weight excluding hydrogens is 246 g/mol. The molecule has 0 aliphatic rings. The quantitative estimate of drug-likeness (QED) is 0.915. The molecule has 0 amide bonds. The van der Waals surface area contributed by atoms with Crippen LogP contribution in [-0.4, -0.2) is 10.1 Å². The fourth-order valence-electron chi connectivity index (χ4n) is 1.93. The van der Waals surface area contributed by atoms with E-state index in [1.54, 1.807) is 6.20 Å². The van der Waals surface area contributed by atoms with Crippen LogP contribution in [0.2, 0.25) is 5.02 Å². The standard InChI is InChI=1S/C15H16ClNO/c1-10-5-6-12(13(16)8-10)15(18)9-14-11(2)4-3-7-17-14/h3-8,15,18H,9H2,1-2H3. The minimum atomic E-state index is -0.619. The van der Waals surface area contributed by atoms with Crippen LogP contribution in [0.15, 0.2) is 36.5 Å². The van der Waals surface area contributed by atoms with Gasteiger partial charge < -0.3 is 5.11 Å². The van der Waals surface area contributed by atoms with Gasteiger partial charge in [0.05, 0.1) is 6.10 Å². The van der Waals surface area contributed by atoms with Gasteiger partial charge in [0.25, 0.3) is 0 Å². The third-order valence-electron chi connectivity index (χ3n) is 3.02. The van der Waals surface area contributed by atoms with Crippen molar-refractivity contribution in [2.45, 2.75) is 26.4 Å². The van der Waals surface area contributed by atoms with Gasteiger partial charge in [-0.05, 0) is 42.7 Å². The summed E-state index contributed by atoms with van der Waals surface area (Å²) in [6.45, 7) is 3.97. The molecule has 0 bridgehead atoms. The van der Waals surface area contributed by atoms with Gasteiger partial charge in [-0.2, -0.15) is 0 Å². The summed E-state index contributed by atoms with van der Waals surface area (Å²) < 4.78 is 0. The van der Waals surface area contributed by atoms with Crippen molar-refractivity contribution in [3.05, 3.63) is 63.9 Å². The first-order valence-electron chi connectivity index (χ1n) is 5.92. The SMILES string of the molecule is Cc1ccc(C(O)Cc2ncccc2C)c(Cl)c1. The number of aliphatic hydroxyl groups excluding tert-OH is 1. The number of rotatable bonds is 3. The number of aryl methyl sites for hydroxylation is 2. The zero-order valence-corrected chi connectivity index (χ0v) is 11.3. The van der Waals surface area contributed by atoms with Crippen molar-refractivity contribution in [1.29, 1.82) is 0 Å². The second kappa shape index (κ2) is 5.51. The second-order valence-corrected chi connectivity index (χ2v) is 4.92. The first-order valence-corrected chi connectivity index (χ1v) is 6.30. The van der Waals surface area contributed by atoms with Crippen LogP contribution in [0.4, 0.5) is 0 Å². The van der Waals surface area contributed by atoms with Gasteiger partial charge >= 0.3 is 0 Å². The predicted molar refractivity (Wildman–Crippen MR) is 73.8 cm³/mol. The number of pyridine rings is 1. The highest BCUT2D eigenvalue weighted by Crippen LogP contribution is 2.26. The molecule has 0 radical (unpaired) electrons. The number of aromatic nitrogens is 1. The van der Waals surface area contributed by atoms with Gasteiger partial charge in [-0.3, -0.25) is 4.98 Å². The van der Waals surface area contributed by atoms with Gasteiger partial charge in [0.1, 0.15) is 0 Å². The fourth-order valence-corrected chi connectivity index (χ4v) is 2.29. The molecule has 1 aromatic heterocycles. The van der Waals surface area contributed by atoms with Gasteiger partial charge in [0.15, 0.2) is 0 Å². The summed E-state index contributed by atoms with van der Waals surface area (Å²) in [7, 11) is 0. The number of halogens is 1.